The summed E-state index contributed by atoms with van der Waals surface area (Å²) < 4.78 is 25.2. The number of benzene rings is 3. The van der Waals surface area contributed by atoms with Crippen LogP contribution >= 0.6 is 23.2 Å². The molecular formula is C29H19Cl2FN8. The van der Waals surface area contributed by atoms with Gasteiger partial charge in [-0.2, -0.15) is 10.5 Å². The first kappa shape index (κ1) is 24.3. The lowest BCUT2D eigenvalue weighted by atomic mass is 10.0. The summed E-state index contributed by atoms with van der Waals surface area (Å²) in [6, 6.07) is 17.1. The fourth-order valence-electron chi connectivity index (χ4n) is 4.38. The molecule has 0 unspecified atom stereocenters. The van der Waals surface area contributed by atoms with Crippen molar-refractivity contribution in [1.82, 2.24) is 20.0 Å². The number of aromatic nitrogens is 4. The minimum Gasteiger partial charge on any atom is -0.373 e. The fraction of sp³-hybridized carbons (Fsp3) is 0.138. The van der Waals surface area contributed by atoms with Crippen molar-refractivity contribution < 1.29 is 5.76 Å². The molecule has 6 rings (SSSR count). The topological polar surface area (TPSA) is 115 Å². The van der Waals surface area contributed by atoms with Crippen molar-refractivity contribution in [2.45, 2.75) is 24.9 Å². The summed E-state index contributed by atoms with van der Waals surface area (Å²) in [5, 5.41) is 35.5. The van der Waals surface area contributed by atoms with Gasteiger partial charge in [0.2, 0.25) is 0 Å². The Bertz CT molecular complexity index is 1910. The van der Waals surface area contributed by atoms with Crippen molar-refractivity contribution in [3.63, 3.8) is 0 Å². The Morgan fingerprint density at radius 3 is 2.55 bits per heavy atom. The first-order chi connectivity index (χ1) is 19.8. The molecule has 0 saturated heterocycles. The van der Waals surface area contributed by atoms with Crippen molar-refractivity contribution in [1.29, 1.82) is 10.5 Å². The van der Waals surface area contributed by atoms with Crippen LogP contribution in [0.15, 0.2) is 67.0 Å². The number of hydrogen-bond acceptors (Lipinski definition) is 7. The Labute approximate surface area is 240 Å². The Kier molecular flexibility index (Phi) is 6.37. The molecule has 1 aliphatic carbocycles. The molecule has 2 N–H and O–H groups in total. The van der Waals surface area contributed by atoms with E-state index in [4.69, 9.17) is 23.2 Å². The van der Waals surface area contributed by atoms with Crippen LogP contribution < -0.4 is 10.6 Å². The lowest BCUT2D eigenvalue weighted by Gasteiger charge is -2.21. The van der Waals surface area contributed by atoms with Crippen LogP contribution in [0.2, 0.25) is 10.0 Å². The van der Waals surface area contributed by atoms with E-state index in [-0.39, 0.29) is 22.2 Å². The van der Waals surface area contributed by atoms with Gasteiger partial charge >= 0.3 is 0 Å². The number of anilines is 3. The number of hydrogen-bond donors (Lipinski definition) is 2. The van der Waals surface area contributed by atoms with Gasteiger partial charge in [-0.25, -0.2) is 9.07 Å². The van der Waals surface area contributed by atoms with Crippen molar-refractivity contribution in [2.24, 2.45) is 0 Å². The number of pyridine rings is 1. The fourth-order valence-corrected chi connectivity index (χ4v) is 4.80. The molecule has 2 heterocycles. The Morgan fingerprint density at radius 2 is 1.82 bits per heavy atom. The van der Waals surface area contributed by atoms with Gasteiger partial charge in [0.05, 0.1) is 47.0 Å². The van der Waals surface area contributed by atoms with E-state index in [1.807, 2.05) is 0 Å². The summed E-state index contributed by atoms with van der Waals surface area (Å²) in [7, 11) is 0. The van der Waals surface area contributed by atoms with Crippen LogP contribution in [0.25, 0.3) is 10.9 Å². The summed E-state index contributed by atoms with van der Waals surface area (Å²) in [6.45, 7) is 0. The maximum absolute atomic E-state index is 13.8. The molecule has 1 atom stereocenters. The largest absolute Gasteiger partial charge is 0.373 e. The monoisotopic (exact) mass is 569 g/mol. The summed E-state index contributed by atoms with van der Waals surface area (Å²) in [6.07, 6.45) is 5.08. The Hall–Kier alpha value is -4.70. The van der Waals surface area contributed by atoms with E-state index < -0.39 is 11.8 Å². The quantitative estimate of drug-likeness (QED) is 0.211. The predicted octanol–water partition coefficient (Wildman–Crippen LogP) is 7.30. The van der Waals surface area contributed by atoms with Crippen molar-refractivity contribution in [3.05, 3.63) is 105 Å². The summed E-state index contributed by atoms with van der Waals surface area (Å²) in [5.41, 5.74) is 2.63. The Morgan fingerprint density at radius 1 is 1.02 bits per heavy atom. The van der Waals surface area contributed by atoms with Gasteiger partial charge in [0.1, 0.15) is 23.6 Å². The van der Waals surface area contributed by atoms with Crippen LogP contribution in [-0.2, 0) is 0 Å². The molecule has 3 aromatic carbocycles. The number of nitrogens with zero attached hydrogens (tertiary/aromatic N) is 6. The van der Waals surface area contributed by atoms with E-state index in [0.717, 1.165) is 12.8 Å². The zero-order valence-corrected chi connectivity index (χ0v) is 22.2. The molecule has 11 heteroatoms. The van der Waals surface area contributed by atoms with Gasteiger partial charge in [-0.3, -0.25) is 4.98 Å². The highest BCUT2D eigenvalue weighted by Crippen LogP contribution is 2.38. The minimum atomic E-state index is -1.69. The van der Waals surface area contributed by atoms with Crippen molar-refractivity contribution in [2.75, 3.05) is 10.6 Å². The normalized spacial score (nSPS) is 14.6. The van der Waals surface area contributed by atoms with E-state index >= 15 is 0 Å². The third-order valence-electron chi connectivity index (χ3n) is 6.50. The first-order valence-electron chi connectivity index (χ1n) is 12.7. The van der Waals surface area contributed by atoms with Crippen LogP contribution in [0.3, 0.4) is 0 Å². The lowest BCUT2D eigenvalue weighted by molar-refractivity contribution is 0.610. The van der Waals surface area contributed by atoms with E-state index in [2.05, 4.69) is 38.1 Å². The van der Waals surface area contributed by atoms with Crippen LogP contribution in [0.1, 0.15) is 48.7 Å². The second-order valence-corrected chi connectivity index (χ2v) is 10.1. The van der Waals surface area contributed by atoms with Gasteiger partial charge in [-0.1, -0.05) is 46.6 Å². The highest BCUT2D eigenvalue weighted by atomic mass is 35.5. The van der Waals surface area contributed by atoms with Gasteiger partial charge < -0.3 is 10.6 Å². The number of rotatable bonds is 7. The molecule has 0 bridgehead atoms. The second-order valence-electron chi connectivity index (χ2n) is 9.24. The number of fused-ring (bicyclic) bond motifs is 1. The molecule has 0 amide bonds. The average molecular weight is 570 g/mol. The van der Waals surface area contributed by atoms with Gasteiger partial charge in [-0.15, -0.1) is 5.10 Å². The maximum Gasteiger partial charge on any atom is 0.141 e. The molecule has 0 radical (unpaired) electrons. The first-order valence-corrected chi connectivity index (χ1v) is 13.0. The van der Waals surface area contributed by atoms with E-state index in [1.54, 1.807) is 47.3 Å². The van der Waals surface area contributed by atoms with Crippen LogP contribution in [0.5, 0.6) is 0 Å². The molecule has 1 saturated carbocycles. The molecule has 5 aromatic rings. The zero-order chi connectivity index (χ0) is 28.7. The molecule has 40 heavy (non-hydrogen) atoms. The standard InChI is InChI=1S/C29H19Cl2FN8/c30-23-4-2-1-3-21(23)29(26-15-40(39-38-26)20-6-7-20)37-19-9-16(12-33)27-22(10-19)28(17(13-34)14-35-27)36-18-5-8-25(32)24(31)11-18/h1-5,8-11,14-15,20,29,37H,6-7H2,(H,35,36)/t29-/m1/s1/i29D. The van der Waals surface area contributed by atoms with Crippen LogP contribution in [0.4, 0.5) is 21.5 Å². The molecule has 1 fully saturated rings. The lowest BCUT2D eigenvalue weighted by Crippen LogP contribution is -2.14. The molecule has 0 aliphatic heterocycles. The highest BCUT2D eigenvalue weighted by molar-refractivity contribution is 6.31. The highest BCUT2D eigenvalue weighted by Gasteiger charge is 2.28. The molecule has 2 aromatic heterocycles. The zero-order valence-electron chi connectivity index (χ0n) is 21.7. The van der Waals surface area contributed by atoms with Crippen molar-refractivity contribution >= 4 is 51.2 Å². The average Bonchev–Trinajstić information content (AvgIpc) is 3.70. The number of nitriles is 2. The second kappa shape index (κ2) is 10.5. The van der Waals surface area contributed by atoms with Crippen molar-refractivity contribution in [3.8, 4) is 12.1 Å². The summed E-state index contributed by atoms with van der Waals surface area (Å²) in [4.78, 5) is 4.36. The third-order valence-corrected chi connectivity index (χ3v) is 7.12. The third kappa shape index (κ3) is 4.89. The van der Waals surface area contributed by atoms with Gasteiger partial charge in [0, 0.05) is 28.0 Å². The van der Waals surface area contributed by atoms with Gasteiger partial charge in [-0.05, 0) is 54.8 Å². The van der Waals surface area contributed by atoms with E-state index in [0.29, 0.717) is 44.2 Å². The van der Waals surface area contributed by atoms with E-state index in [9.17, 15) is 16.3 Å². The summed E-state index contributed by atoms with van der Waals surface area (Å²) >= 11 is 12.6. The van der Waals surface area contributed by atoms with E-state index in [1.165, 1.54) is 24.4 Å². The molecule has 8 nitrogen and oxygen atoms in total. The van der Waals surface area contributed by atoms with Gasteiger partial charge in [0.15, 0.2) is 0 Å². The van der Waals surface area contributed by atoms with Crippen LogP contribution in [0, 0.1) is 28.5 Å². The molecule has 0 spiro atoms. The molecule has 196 valence electrons. The SMILES string of the molecule is [2H][C@](Nc1cc(C#N)c2ncc(C#N)c(Nc3ccc(F)c(Cl)c3)c2c1)(c1cn(C2CC2)nn1)c1ccccc1Cl. The number of nitrogens with one attached hydrogen (secondary N) is 2. The smallest absolute Gasteiger partial charge is 0.141 e. The maximum atomic E-state index is 13.8. The number of halogens is 3. The van der Waals surface area contributed by atoms with Gasteiger partial charge in [0.25, 0.3) is 0 Å². The molecule has 1 aliphatic rings. The summed E-state index contributed by atoms with van der Waals surface area (Å²) in [5.74, 6) is -0.583. The Balaban J connectivity index is 1.51. The van der Waals surface area contributed by atoms with Crippen LogP contribution in [-0.4, -0.2) is 20.0 Å². The molecular weight excluding hydrogens is 550 g/mol. The minimum absolute atomic E-state index is 0.0927. The predicted molar refractivity (Wildman–Crippen MR) is 151 cm³/mol.